The maximum absolute atomic E-state index is 13.2. The number of methoxy groups -OCH3 is 1. The smallest absolute Gasteiger partial charge is 0.241 e. The molecule has 0 spiro atoms. The third-order valence-corrected chi connectivity index (χ3v) is 6.38. The summed E-state index contributed by atoms with van der Waals surface area (Å²) >= 11 is 13.5. The van der Waals surface area contributed by atoms with E-state index in [1.165, 1.54) is 12.0 Å². The Morgan fingerprint density at radius 3 is 2.84 bits per heavy atom. The molecule has 0 bridgehead atoms. The van der Waals surface area contributed by atoms with Crippen LogP contribution in [0.15, 0.2) is 47.5 Å². The molecule has 162 valence electrons. The van der Waals surface area contributed by atoms with Crippen LogP contribution in [0.4, 0.5) is 11.4 Å². The van der Waals surface area contributed by atoms with Gasteiger partial charge in [-0.1, -0.05) is 47.1 Å². The number of benzene rings is 2. The largest absolute Gasteiger partial charge is 0.495 e. The van der Waals surface area contributed by atoms with Crippen LogP contribution in [0, 0.1) is 5.92 Å². The normalized spacial score (nSPS) is 20.3. The van der Waals surface area contributed by atoms with Crippen molar-refractivity contribution < 1.29 is 14.3 Å². The number of halogens is 2. The second-order valence-electron chi connectivity index (χ2n) is 6.80. The Balaban J connectivity index is 1.55. The SMILES string of the molecule is COc1ccc(N2C(=O)C3CNNC3N=C2SCC(=O)Nc2ccccc2Cl)cc1Cl. The van der Waals surface area contributed by atoms with Crippen molar-refractivity contribution >= 4 is 63.3 Å². The lowest BCUT2D eigenvalue weighted by atomic mass is 10.0. The Kier molecular flexibility index (Phi) is 6.68. The average molecular weight is 480 g/mol. The molecular weight excluding hydrogens is 461 g/mol. The number of nitrogens with one attached hydrogen (secondary N) is 3. The first-order valence-corrected chi connectivity index (χ1v) is 11.1. The average Bonchev–Trinajstić information content (AvgIpc) is 3.23. The zero-order valence-electron chi connectivity index (χ0n) is 16.4. The fourth-order valence-electron chi connectivity index (χ4n) is 3.28. The van der Waals surface area contributed by atoms with Gasteiger partial charge in [0.05, 0.1) is 40.2 Å². The molecule has 3 N–H and O–H groups in total. The summed E-state index contributed by atoms with van der Waals surface area (Å²) in [6, 6.07) is 12.1. The molecule has 2 aliphatic heterocycles. The number of thioether (sulfide) groups is 1. The predicted octanol–water partition coefficient (Wildman–Crippen LogP) is 3.13. The zero-order chi connectivity index (χ0) is 22.0. The van der Waals surface area contributed by atoms with Crippen LogP contribution < -0.4 is 25.8 Å². The Hall–Kier alpha value is -2.30. The highest BCUT2D eigenvalue weighted by atomic mass is 35.5. The summed E-state index contributed by atoms with van der Waals surface area (Å²) in [4.78, 5) is 31.9. The first-order valence-electron chi connectivity index (χ1n) is 9.39. The van der Waals surface area contributed by atoms with Crippen molar-refractivity contribution in [3.63, 3.8) is 0 Å². The molecule has 2 aromatic rings. The summed E-state index contributed by atoms with van der Waals surface area (Å²) in [6.07, 6.45) is -0.397. The van der Waals surface area contributed by atoms with Crippen molar-refractivity contribution in [2.24, 2.45) is 10.9 Å². The third kappa shape index (κ3) is 4.65. The minimum Gasteiger partial charge on any atom is -0.495 e. The highest BCUT2D eigenvalue weighted by molar-refractivity contribution is 8.14. The van der Waals surface area contributed by atoms with Gasteiger partial charge in [0.25, 0.3) is 0 Å². The van der Waals surface area contributed by atoms with Gasteiger partial charge in [-0.25, -0.2) is 10.4 Å². The van der Waals surface area contributed by atoms with Crippen LogP contribution in [0.5, 0.6) is 5.75 Å². The first-order chi connectivity index (χ1) is 15.0. The molecule has 8 nitrogen and oxygen atoms in total. The predicted molar refractivity (Wildman–Crippen MR) is 124 cm³/mol. The number of nitrogens with zero attached hydrogens (tertiary/aromatic N) is 2. The number of hydrogen-bond acceptors (Lipinski definition) is 7. The van der Waals surface area contributed by atoms with E-state index in [4.69, 9.17) is 27.9 Å². The van der Waals surface area contributed by atoms with Crippen molar-refractivity contribution in [3.05, 3.63) is 52.5 Å². The number of amides is 2. The molecular formula is C20H19Cl2N5O3S. The van der Waals surface area contributed by atoms with E-state index in [0.717, 1.165) is 11.8 Å². The lowest BCUT2D eigenvalue weighted by Gasteiger charge is -2.32. The maximum Gasteiger partial charge on any atom is 0.241 e. The summed E-state index contributed by atoms with van der Waals surface area (Å²) in [6.45, 7) is 0.457. The number of carbonyl (C=O) groups excluding carboxylic acids is 2. The van der Waals surface area contributed by atoms with E-state index < -0.39 is 6.17 Å². The highest BCUT2D eigenvalue weighted by Crippen LogP contribution is 2.34. The van der Waals surface area contributed by atoms with Crippen LogP contribution in [0.3, 0.4) is 0 Å². The zero-order valence-corrected chi connectivity index (χ0v) is 18.7. The number of para-hydroxylation sites is 1. The number of amidine groups is 1. The van der Waals surface area contributed by atoms with Gasteiger partial charge in [-0.3, -0.25) is 19.9 Å². The third-order valence-electron chi connectivity index (χ3n) is 4.81. The molecule has 2 heterocycles. The van der Waals surface area contributed by atoms with Crippen LogP contribution >= 0.6 is 35.0 Å². The van der Waals surface area contributed by atoms with Crippen molar-refractivity contribution in [1.82, 2.24) is 10.9 Å². The van der Waals surface area contributed by atoms with E-state index in [-0.39, 0.29) is 23.5 Å². The summed E-state index contributed by atoms with van der Waals surface area (Å²) in [7, 11) is 1.52. The van der Waals surface area contributed by atoms with Crippen LogP contribution in [0.2, 0.25) is 10.0 Å². The molecule has 2 aliphatic rings. The second-order valence-corrected chi connectivity index (χ2v) is 8.55. The number of anilines is 2. The molecule has 4 rings (SSSR count). The number of ether oxygens (including phenoxy) is 1. The quantitative estimate of drug-likeness (QED) is 0.609. The minimum atomic E-state index is -0.397. The van der Waals surface area contributed by atoms with Gasteiger partial charge in [-0.2, -0.15) is 0 Å². The Morgan fingerprint density at radius 2 is 2.10 bits per heavy atom. The highest BCUT2D eigenvalue weighted by Gasteiger charge is 2.42. The Morgan fingerprint density at radius 1 is 1.29 bits per heavy atom. The number of hydrogen-bond donors (Lipinski definition) is 3. The van der Waals surface area contributed by atoms with Gasteiger partial charge in [-0.05, 0) is 30.3 Å². The maximum atomic E-state index is 13.2. The molecule has 1 saturated heterocycles. The number of aliphatic imine (C=N–C) groups is 1. The Bertz CT molecular complexity index is 1050. The summed E-state index contributed by atoms with van der Waals surface area (Å²) in [5.41, 5.74) is 7.04. The fraction of sp³-hybridized carbons (Fsp3) is 0.250. The van der Waals surface area contributed by atoms with Crippen LogP contribution in [-0.2, 0) is 9.59 Å². The molecule has 2 unspecified atom stereocenters. The van der Waals surface area contributed by atoms with E-state index >= 15 is 0 Å². The van der Waals surface area contributed by atoms with Crippen molar-refractivity contribution in [1.29, 1.82) is 0 Å². The van der Waals surface area contributed by atoms with Crippen molar-refractivity contribution in [2.45, 2.75) is 6.17 Å². The molecule has 0 aromatic heterocycles. The van der Waals surface area contributed by atoms with E-state index in [0.29, 0.717) is 38.9 Å². The number of rotatable bonds is 5. The number of fused-ring (bicyclic) bond motifs is 1. The van der Waals surface area contributed by atoms with Gasteiger partial charge < -0.3 is 10.1 Å². The van der Waals surface area contributed by atoms with Crippen molar-refractivity contribution in [2.75, 3.05) is 29.6 Å². The number of hydrazine groups is 1. The van der Waals surface area contributed by atoms with E-state index in [9.17, 15) is 9.59 Å². The van der Waals surface area contributed by atoms with Gasteiger partial charge >= 0.3 is 0 Å². The molecule has 31 heavy (non-hydrogen) atoms. The van der Waals surface area contributed by atoms with E-state index in [1.54, 1.807) is 42.5 Å². The monoisotopic (exact) mass is 479 g/mol. The second kappa shape index (κ2) is 9.46. The molecule has 2 aromatic carbocycles. The molecule has 11 heteroatoms. The lowest BCUT2D eigenvalue weighted by Crippen LogP contribution is -2.49. The molecule has 1 fully saturated rings. The van der Waals surface area contributed by atoms with Gasteiger partial charge in [0.2, 0.25) is 11.8 Å². The van der Waals surface area contributed by atoms with Gasteiger partial charge in [0, 0.05) is 6.54 Å². The van der Waals surface area contributed by atoms with E-state index in [1.807, 2.05) is 0 Å². The Labute approximate surface area is 193 Å². The van der Waals surface area contributed by atoms with Gasteiger partial charge in [-0.15, -0.1) is 0 Å². The van der Waals surface area contributed by atoms with Crippen LogP contribution in [0.1, 0.15) is 0 Å². The summed E-state index contributed by atoms with van der Waals surface area (Å²) in [5.74, 6) is -0.208. The molecule has 2 amide bonds. The molecule has 0 aliphatic carbocycles. The lowest BCUT2D eigenvalue weighted by molar-refractivity contribution is -0.121. The minimum absolute atomic E-state index is 0.0442. The van der Waals surface area contributed by atoms with E-state index in [2.05, 4.69) is 21.2 Å². The molecule has 2 atom stereocenters. The molecule has 0 saturated carbocycles. The molecule has 0 radical (unpaired) electrons. The summed E-state index contributed by atoms with van der Waals surface area (Å²) < 4.78 is 5.20. The summed E-state index contributed by atoms with van der Waals surface area (Å²) in [5, 5.41) is 3.99. The topological polar surface area (TPSA) is 95.1 Å². The van der Waals surface area contributed by atoms with Crippen LogP contribution in [-0.4, -0.2) is 42.6 Å². The number of carbonyl (C=O) groups is 2. The van der Waals surface area contributed by atoms with Gasteiger partial charge in [0.15, 0.2) is 5.17 Å². The standard InChI is InChI=1S/C20H19Cl2N5O3S/c1-30-16-7-6-11(8-14(16)22)27-19(29)12-9-23-26-18(12)25-20(27)31-10-17(28)24-15-5-3-2-4-13(15)21/h2-8,12,18,23,26H,9-10H2,1H3,(H,24,28). The van der Waals surface area contributed by atoms with Gasteiger partial charge in [0.1, 0.15) is 11.9 Å². The fourth-order valence-corrected chi connectivity index (χ4v) is 4.56. The first kappa shape index (κ1) is 21.9. The van der Waals surface area contributed by atoms with Crippen molar-refractivity contribution in [3.8, 4) is 5.75 Å². The van der Waals surface area contributed by atoms with Crippen LogP contribution in [0.25, 0.3) is 0 Å².